The molecule has 1 aromatic carbocycles. The van der Waals surface area contributed by atoms with Crippen molar-refractivity contribution in [3.8, 4) is 0 Å². The van der Waals surface area contributed by atoms with E-state index in [0.29, 0.717) is 11.2 Å². The minimum absolute atomic E-state index is 0.0191. The summed E-state index contributed by atoms with van der Waals surface area (Å²) >= 11 is 0. The number of benzene rings is 1. The lowest BCUT2D eigenvalue weighted by atomic mass is 10.1. The Balaban J connectivity index is 1.97. The molecule has 3 rings (SSSR count). The van der Waals surface area contributed by atoms with E-state index < -0.39 is 4.92 Å². The van der Waals surface area contributed by atoms with Gasteiger partial charge in [-0.2, -0.15) is 0 Å². The van der Waals surface area contributed by atoms with Gasteiger partial charge in [0.05, 0.1) is 10.6 Å². The number of rotatable bonds is 4. The molecule has 1 unspecified atom stereocenters. The summed E-state index contributed by atoms with van der Waals surface area (Å²) in [5.74, 6) is 0. The summed E-state index contributed by atoms with van der Waals surface area (Å²) in [6.07, 6.45) is 3.41. The normalized spacial score (nSPS) is 12.2. The molecule has 3 aromatic rings. The highest BCUT2D eigenvalue weighted by atomic mass is 16.6. The van der Waals surface area contributed by atoms with Crippen molar-refractivity contribution in [2.24, 2.45) is 0 Å². The highest BCUT2D eigenvalue weighted by molar-refractivity contribution is 5.93. The fourth-order valence-corrected chi connectivity index (χ4v) is 2.09. The number of nitrogens with one attached hydrogen (secondary N) is 1. The molecule has 0 aliphatic rings. The molecule has 8 nitrogen and oxygen atoms in total. The van der Waals surface area contributed by atoms with Crippen LogP contribution in [0.2, 0.25) is 0 Å². The summed E-state index contributed by atoms with van der Waals surface area (Å²) in [6, 6.07) is 6.74. The van der Waals surface area contributed by atoms with Crippen LogP contribution in [0.15, 0.2) is 41.3 Å². The minimum Gasteiger partial charge on any atom is -0.377 e. The lowest BCUT2D eigenvalue weighted by Crippen LogP contribution is -2.07. The van der Waals surface area contributed by atoms with Crippen molar-refractivity contribution in [2.75, 3.05) is 5.32 Å². The molecule has 1 atom stereocenters. The fourth-order valence-electron chi connectivity index (χ4n) is 2.09. The average molecular weight is 285 g/mol. The van der Waals surface area contributed by atoms with Crippen LogP contribution >= 0.6 is 0 Å². The molecule has 0 radical (unpaired) electrons. The Bertz CT molecular complexity index is 787. The molecule has 0 saturated carbocycles. The maximum absolute atomic E-state index is 10.9. The summed E-state index contributed by atoms with van der Waals surface area (Å²) in [7, 11) is 0. The van der Waals surface area contributed by atoms with Crippen LogP contribution in [0.5, 0.6) is 0 Å². The summed E-state index contributed by atoms with van der Waals surface area (Å²) in [5, 5.41) is 21.5. The highest BCUT2D eigenvalue weighted by Gasteiger charge is 2.20. The summed E-state index contributed by atoms with van der Waals surface area (Å²) < 4.78 is 4.63. The predicted molar refractivity (Wildman–Crippen MR) is 74.7 cm³/mol. The molecule has 0 saturated heterocycles. The largest absolute Gasteiger partial charge is 0.377 e. The van der Waals surface area contributed by atoms with Crippen LogP contribution in [0.3, 0.4) is 0 Å². The van der Waals surface area contributed by atoms with Gasteiger partial charge in [0.1, 0.15) is 0 Å². The van der Waals surface area contributed by atoms with Gasteiger partial charge in [-0.1, -0.05) is 0 Å². The fraction of sp³-hybridized carbons (Fsp3) is 0.154. The van der Waals surface area contributed by atoms with E-state index in [9.17, 15) is 10.1 Å². The first-order chi connectivity index (χ1) is 10.2. The van der Waals surface area contributed by atoms with Crippen LogP contribution in [0.1, 0.15) is 18.5 Å². The molecule has 0 spiro atoms. The molecule has 0 amide bonds. The number of aromatic nitrogens is 3. The monoisotopic (exact) mass is 285 g/mol. The van der Waals surface area contributed by atoms with Crippen LogP contribution in [-0.4, -0.2) is 20.2 Å². The topological polar surface area (TPSA) is 107 Å². The van der Waals surface area contributed by atoms with E-state index in [-0.39, 0.29) is 17.2 Å². The summed E-state index contributed by atoms with van der Waals surface area (Å²) in [6.45, 7) is 1.97. The van der Waals surface area contributed by atoms with Crippen LogP contribution in [0, 0.1) is 10.1 Å². The Kier molecular flexibility index (Phi) is 3.19. The molecule has 0 fully saturated rings. The number of fused-ring (bicyclic) bond motifs is 1. The van der Waals surface area contributed by atoms with E-state index in [1.807, 2.05) is 19.1 Å². The Hall–Kier alpha value is -3.03. The quantitative estimate of drug-likeness (QED) is 0.580. The van der Waals surface area contributed by atoms with Crippen molar-refractivity contribution in [3.63, 3.8) is 0 Å². The van der Waals surface area contributed by atoms with Gasteiger partial charge in [-0.25, -0.2) is 4.63 Å². The van der Waals surface area contributed by atoms with Gasteiger partial charge in [-0.15, -0.1) is 0 Å². The zero-order chi connectivity index (χ0) is 14.8. The predicted octanol–water partition coefficient (Wildman–Crippen LogP) is 2.70. The van der Waals surface area contributed by atoms with E-state index in [1.165, 1.54) is 6.07 Å². The van der Waals surface area contributed by atoms with Crippen LogP contribution in [-0.2, 0) is 0 Å². The Morgan fingerprint density at radius 3 is 2.62 bits per heavy atom. The van der Waals surface area contributed by atoms with Crippen LogP contribution < -0.4 is 5.32 Å². The zero-order valence-corrected chi connectivity index (χ0v) is 11.1. The SMILES string of the molecule is CC(Nc1ccc([N+](=O)[O-])c2nonc12)c1ccncc1. The number of hydrogen-bond donors (Lipinski definition) is 1. The Morgan fingerprint density at radius 1 is 1.19 bits per heavy atom. The van der Waals surface area contributed by atoms with Crippen molar-refractivity contribution in [3.05, 3.63) is 52.3 Å². The van der Waals surface area contributed by atoms with Crippen molar-refractivity contribution in [1.82, 2.24) is 15.3 Å². The van der Waals surface area contributed by atoms with Crippen LogP contribution in [0.25, 0.3) is 11.0 Å². The van der Waals surface area contributed by atoms with E-state index in [2.05, 4.69) is 25.2 Å². The number of anilines is 1. The molecule has 0 aliphatic carbocycles. The molecular formula is C13H11N5O3. The van der Waals surface area contributed by atoms with Gasteiger partial charge in [0.2, 0.25) is 5.52 Å². The molecule has 21 heavy (non-hydrogen) atoms. The van der Waals surface area contributed by atoms with Crippen molar-refractivity contribution < 1.29 is 9.55 Å². The lowest BCUT2D eigenvalue weighted by molar-refractivity contribution is -0.383. The lowest BCUT2D eigenvalue weighted by Gasteiger charge is -2.15. The Morgan fingerprint density at radius 2 is 1.90 bits per heavy atom. The van der Waals surface area contributed by atoms with Crippen molar-refractivity contribution >= 4 is 22.4 Å². The molecule has 106 valence electrons. The molecule has 2 aromatic heterocycles. The van der Waals surface area contributed by atoms with E-state index in [0.717, 1.165) is 5.56 Å². The maximum Gasteiger partial charge on any atom is 0.300 e. The zero-order valence-electron chi connectivity index (χ0n) is 11.1. The second-order valence-corrected chi connectivity index (χ2v) is 4.50. The second kappa shape index (κ2) is 5.16. The van der Waals surface area contributed by atoms with E-state index in [4.69, 9.17) is 0 Å². The molecule has 8 heteroatoms. The number of non-ortho nitro benzene ring substituents is 1. The number of pyridine rings is 1. The van der Waals surface area contributed by atoms with E-state index >= 15 is 0 Å². The average Bonchev–Trinajstić information content (AvgIpc) is 2.98. The first-order valence-corrected chi connectivity index (χ1v) is 6.23. The number of nitro benzene ring substituents is 1. The van der Waals surface area contributed by atoms with Gasteiger partial charge in [0.15, 0.2) is 5.52 Å². The third-order valence-electron chi connectivity index (χ3n) is 3.17. The van der Waals surface area contributed by atoms with Gasteiger partial charge >= 0.3 is 5.69 Å². The number of nitro groups is 1. The molecule has 0 bridgehead atoms. The van der Waals surface area contributed by atoms with Crippen molar-refractivity contribution in [2.45, 2.75) is 13.0 Å². The number of nitrogens with zero attached hydrogens (tertiary/aromatic N) is 4. The number of hydrogen-bond acceptors (Lipinski definition) is 7. The maximum atomic E-state index is 10.9. The van der Waals surface area contributed by atoms with Gasteiger partial charge in [-0.3, -0.25) is 15.1 Å². The standard InChI is InChI=1S/C13H11N5O3/c1-8(9-4-6-14-7-5-9)15-10-2-3-11(18(19)20)13-12(10)16-21-17-13/h2-8,15H,1H3. The van der Waals surface area contributed by atoms with Crippen molar-refractivity contribution in [1.29, 1.82) is 0 Å². The first-order valence-electron chi connectivity index (χ1n) is 6.23. The second-order valence-electron chi connectivity index (χ2n) is 4.50. The third-order valence-corrected chi connectivity index (χ3v) is 3.17. The minimum atomic E-state index is -0.511. The summed E-state index contributed by atoms with van der Waals surface area (Å²) in [5.41, 5.74) is 2.00. The van der Waals surface area contributed by atoms with Gasteiger partial charge in [0.25, 0.3) is 0 Å². The smallest absolute Gasteiger partial charge is 0.300 e. The first kappa shape index (κ1) is 13.0. The van der Waals surface area contributed by atoms with Gasteiger partial charge in [0, 0.05) is 24.5 Å². The van der Waals surface area contributed by atoms with Crippen LogP contribution in [0.4, 0.5) is 11.4 Å². The van der Waals surface area contributed by atoms with Gasteiger partial charge < -0.3 is 5.32 Å². The molecule has 1 N–H and O–H groups in total. The molecule has 0 aliphatic heterocycles. The van der Waals surface area contributed by atoms with E-state index in [1.54, 1.807) is 18.5 Å². The molecular weight excluding hydrogens is 274 g/mol. The third kappa shape index (κ3) is 2.38. The highest BCUT2D eigenvalue weighted by Crippen LogP contribution is 2.30. The molecule has 2 heterocycles. The summed E-state index contributed by atoms with van der Waals surface area (Å²) in [4.78, 5) is 14.4. The Labute approximate surface area is 118 Å². The van der Waals surface area contributed by atoms with Gasteiger partial charge in [-0.05, 0) is 41.0 Å².